The molecule has 266 valence electrons. The first kappa shape index (κ1) is 37.1. The third-order valence-electron chi connectivity index (χ3n) is 7.26. The number of rotatable bonds is 13. The summed E-state index contributed by atoms with van der Waals surface area (Å²) >= 11 is 2.11. The summed E-state index contributed by atoms with van der Waals surface area (Å²) in [6, 6.07) is -0.510. The molecule has 0 radical (unpaired) electrons. The number of hydrogen-bond acceptors (Lipinski definition) is 15. The average molecular weight is 723 g/mol. The van der Waals surface area contributed by atoms with Gasteiger partial charge in [-0.25, -0.2) is 14.4 Å². The molecule has 2 aliphatic heterocycles. The first-order valence-corrected chi connectivity index (χ1v) is 16.8. The van der Waals surface area contributed by atoms with Crippen LogP contribution in [0.5, 0.6) is 0 Å². The minimum atomic E-state index is -1.60. The molecule has 2 aromatic heterocycles. The number of nitrogen functional groups attached to an aromatic ring is 2. The smallest absolute Gasteiger partial charge is 0.353 e. The summed E-state index contributed by atoms with van der Waals surface area (Å²) in [5, 5.41) is 18.7. The molecule has 4 heterocycles. The Hall–Kier alpha value is -4.76. The lowest BCUT2D eigenvalue weighted by atomic mass is 9.89. The lowest BCUT2D eigenvalue weighted by molar-refractivity contribution is -0.765. The van der Waals surface area contributed by atoms with Gasteiger partial charge in [-0.15, -0.1) is 21.1 Å². The number of carbonyl (C=O) groups excluding carboxylic acids is 4. The van der Waals surface area contributed by atoms with Gasteiger partial charge in [-0.2, -0.15) is 9.36 Å². The fourth-order valence-corrected chi connectivity index (χ4v) is 6.63. The maximum Gasteiger partial charge on any atom is 0.353 e. The standard InChI is InChI=1S/C28H39N11O8S2/c1-27(2,3)46-24(44)28(4,5)47-35-17(20-34-25(31)49-36-20)16(40)9-14-21(41)39-18(23(42)43)13(12-48-22(14)39)10-38-11-15(19(30)37(38)6)33-26(45)32-8-7-29/h11,14,22,30H,7-10,12,29H2,1-6H3,(H5,31,32,33,34,36,42,43,45)/p+1/b35-17+/t14-,22?/m1/s1. The predicted molar refractivity (Wildman–Crippen MR) is 179 cm³/mol. The molecule has 0 bridgehead atoms. The molecule has 0 saturated carbocycles. The Labute approximate surface area is 289 Å². The highest BCUT2D eigenvalue weighted by Crippen LogP contribution is 2.45. The molecule has 0 aromatic carbocycles. The van der Waals surface area contributed by atoms with Crippen LogP contribution < -0.4 is 32.5 Å². The summed E-state index contributed by atoms with van der Waals surface area (Å²) in [6.45, 7) is 8.45. The number of urea groups is 1. The molecule has 1 fully saturated rings. The maximum atomic E-state index is 13.6. The first-order chi connectivity index (χ1) is 22.8. The van der Waals surface area contributed by atoms with E-state index in [-0.39, 0.29) is 60.0 Å². The molecule has 21 heteroatoms. The van der Waals surface area contributed by atoms with Crippen molar-refractivity contribution in [2.24, 2.45) is 23.9 Å². The van der Waals surface area contributed by atoms with Gasteiger partial charge in [0, 0.05) is 42.4 Å². The molecule has 2 atom stereocenters. The van der Waals surface area contributed by atoms with Crippen LogP contribution in [0.1, 0.15) is 46.9 Å². The molecule has 2 aliphatic rings. The van der Waals surface area contributed by atoms with Gasteiger partial charge in [0.2, 0.25) is 23.5 Å². The fourth-order valence-electron chi connectivity index (χ4n) is 4.79. The predicted octanol–water partition coefficient (Wildman–Crippen LogP) is -0.221. The van der Waals surface area contributed by atoms with Gasteiger partial charge in [0.15, 0.2) is 34.7 Å². The number of thioether (sulfide) groups is 1. The van der Waals surface area contributed by atoms with E-state index in [0.29, 0.717) is 11.3 Å². The van der Waals surface area contributed by atoms with E-state index >= 15 is 0 Å². The summed E-state index contributed by atoms with van der Waals surface area (Å²) in [4.78, 5) is 75.0. The van der Waals surface area contributed by atoms with Crippen molar-refractivity contribution in [1.82, 2.24) is 24.3 Å². The van der Waals surface area contributed by atoms with Gasteiger partial charge in [-0.3, -0.25) is 19.8 Å². The van der Waals surface area contributed by atoms with Crippen LogP contribution in [0.4, 0.5) is 21.4 Å². The number of hydrogen-bond donors (Lipinski definition) is 6. The van der Waals surface area contributed by atoms with Crippen molar-refractivity contribution in [3.8, 4) is 0 Å². The molecule has 1 unspecified atom stereocenters. The zero-order valence-corrected chi connectivity index (χ0v) is 29.4. The number of carboxylic acids is 1. The van der Waals surface area contributed by atoms with E-state index in [9.17, 15) is 29.1 Å². The Morgan fingerprint density at radius 2 is 1.90 bits per heavy atom. The molecule has 19 nitrogen and oxygen atoms in total. The number of β-lactam (4-membered cyclic amide) rings is 1. The zero-order valence-electron chi connectivity index (χ0n) is 27.8. The normalized spacial score (nSPS) is 18.1. The lowest BCUT2D eigenvalue weighted by Crippen LogP contribution is -2.62. The molecule has 1 saturated heterocycles. The molecule has 2 aromatic rings. The lowest BCUT2D eigenvalue weighted by Gasteiger charge is -2.49. The molecule has 4 rings (SSSR count). The number of carbonyl (C=O) groups is 5. The van der Waals surface area contributed by atoms with Crippen molar-refractivity contribution in [2.75, 3.05) is 35.6 Å². The van der Waals surface area contributed by atoms with E-state index in [1.807, 2.05) is 0 Å². The average Bonchev–Trinajstić information content (AvgIpc) is 3.55. The Morgan fingerprint density at radius 1 is 1.20 bits per heavy atom. The monoisotopic (exact) mass is 722 g/mol. The Morgan fingerprint density at radius 3 is 2.49 bits per heavy atom. The highest BCUT2D eigenvalue weighted by molar-refractivity contribution is 8.00. The Balaban J connectivity index is 1.53. The summed E-state index contributed by atoms with van der Waals surface area (Å²) in [6.07, 6.45) is 1.18. The first-order valence-electron chi connectivity index (χ1n) is 15.0. The maximum absolute atomic E-state index is 13.6. The summed E-state index contributed by atoms with van der Waals surface area (Å²) < 4.78 is 12.6. The quantitative estimate of drug-likeness (QED) is 0.0513. The second-order valence-electron chi connectivity index (χ2n) is 12.6. The van der Waals surface area contributed by atoms with Gasteiger partial charge in [-0.1, -0.05) is 5.16 Å². The van der Waals surface area contributed by atoms with Crippen LogP contribution in [0.2, 0.25) is 0 Å². The van der Waals surface area contributed by atoms with Crippen molar-refractivity contribution >= 4 is 75.3 Å². The number of nitrogens with two attached hydrogens (primary N) is 3. The second-order valence-corrected chi connectivity index (χ2v) is 14.5. The topological polar surface area (TPSA) is 276 Å². The number of aliphatic carboxylic acids is 1. The van der Waals surface area contributed by atoms with Gasteiger partial charge in [0.25, 0.3) is 0 Å². The number of anilines is 3. The van der Waals surface area contributed by atoms with Crippen molar-refractivity contribution in [3.05, 3.63) is 23.3 Å². The third-order valence-corrected chi connectivity index (χ3v) is 9.20. The van der Waals surface area contributed by atoms with Crippen LogP contribution >= 0.6 is 23.3 Å². The summed E-state index contributed by atoms with van der Waals surface area (Å²) in [5.41, 5.74) is 15.1. The van der Waals surface area contributed by atoms with E-state index in [4.69, 9.17) is 26.8 Å². The molecule has 0 aliphatic carbocycles. The SMILES string of the molecule is Cn1c(N)c(NC(=O)NCCN)c[n+]1CC1=C(C(=O)O)N2C(=O)[C@@H](CC(=O)/C(=N\OC(C)(C)C(=O)OC(C)(C)C)c3nsc(N)n3)C2SC1. The van der Waals surface area contributed by atoms with Crippen LogP contribution in [0.15, 0.2) is 22.6 Å². The molecular weight excluding hydrogens is 683 g/mol. The van der Waals surface area contributed by atoms with Crippen LogP contribution in [-0.4, -0.2) is 94.8 Å². The number of ketones is 1. The number of carboxylic acid groups (broad SMARTS) is 1. The highest BCUT2D eigenvalue weighted by atomic mass is 32.2. The van der Waals surface area contributed by atoms with Gasteiger partial charge >= 0.3 is 18.0 Å². The van der Waals surface area contributed by atoms with Gasteiger partial charge in [-0.05, 0) is 34.6 Å². The van der Waals surface area contributed by atoms with Crippen LogP contribution in [-0.2, 0) is 42.3 Å². The van der Waals surface area contributed by atoms with Crippen LogP contribution in [0.25, 0.3) is 0 Å². The second kappa shape index (κ2) is 14.4. The van der Waals surface area contributed by atoms with E-state index in [2.05, 4.69) is 25.1 Å². The number of ether oxygens (including phenoxy) is 1. The minimum absolute atomic E-state index is 0.0417. The number of nitrogens with zero attached hydrogens (tertiary/aromatic N) is 6. The number of fused-ring (bicyclic) bond motifs is 1. The largest absolute Gasteiger partial charge is 0.477 e. The molecule has 9 N–H and O–H groups in total. The number of amides is 3. The molecule has 3 amide bonds. The Kier molecular flexibility index (Phi) is 10.9. The summed E-state index contributed by atoms with van der Waals surface area (Å²) in [5.74, 6) is -3.90. The Bertz CT molecular complexity index is 1730. The number of esters is 1. The molecule has 49 heavy (non-hydrogen) atoms. The van der Waals surface area contributed by atoms with E-state index in [1.54, 1.807) is 38.7 Å². The van der Waals surface area contributed by atoms with E-state index in [0.717, 1.165) is 16.4 Å². The molecular formula is C28H40N11O8S2+. The van der Waals surface area contributed by atoms with Crippen molar-refractivity contribution in [2.45, 2.75) is 64.2 Å². The van der Waals surface area contributed by atoms with Crippen LogP contribution in [0.3, 0.4) is 0 Å². The van der Waals surface area contributed by atoms with E-state index < -0.39 is 52.2 Å². The third kappa shape index (κ3) is 8.28. The highest BCUT2D eigenvalue weighted by Gasteiger charge is 2.54. The van der Waals surface area contributed by atoms with Crippen molar-refractivity contribution in [1.29, 1.82) is 0 Å². The van der Waals surface area contributed by atoms with Gasteiger partial charge < -0.3 is 37.2 Å². The summed E-state index contributed by atoms with van der Waals surface area (Å²) in [7, 11) is 1.64. The number of aromatic nitrogens is 4. The van der Waals surface area contributed by atoms with Crippen LogP contribution in [0, 0.1) is 5.92 Å². The fraction of sp³-hybridized carbons (Fsp3) is 0.536. The van der Waals surface area contributed by atoms with Gasteiger partial charge in [0.05, 0.1) is 18.3 Å². The molecule has 0 spiro atoms. The zero-order chi connectivity index (χ0) is 36.4. The van der Waals surface area contributed by atoms with E-state index in [1.165, 1.54) is 30.3 Å². The number of Topliss-reactive ketones (excluding diaryl/α,β-unsaturated/α-hetero) is 1. The number of nitrogens with one attached hydrogen (secondary N) is 2. The van der Waals surface area contributed by atoms with Crippen molar-refractivity contribution in [3.63, 3.8) is 0 Å². The van der Waals surface area contributed by atoms with Gasteiger partial charge in [0.1, 0.15) is 11.3 Å². The number of oxime groups is 1. The van der Waals surface area contributed by atoms with Crippen molar-refractivity contribution < 1.29 is 43.3 Å². The minimum Gasteiger partial charge on any atom is -0.477 e.